The molecular weight excluding hydrogens is 258 g/mol. The SMILES string of the molecule is CCCSc1ccc(Br)cc1C(C)N. The van der Waals surface area contributed by atoms with Gasteiger partial charge in [0.2, 0.25) is 0 Å². The Morgan fingerprint density at radius 2 is 2.21 bits per heavy atom. The van der Waals surface area contributed by atoms with E-state index in [1.165, 1.54) is 16.9 Å². The molecule has 1 rings (SSSR count). The Kier molecular flexibility index (Phi) is 4.99. The Hall–Kier alpha value is 0.01000. The lowest BCUT2D eigenvalue weighted by molar-refractivity contribution is 0.796. The van der Waals surface area contributed by atoms with Crippen LogP contribution in [0.1, 0.15) is 31.9 Å². The molecule has 0 amide bonds. The van der Waals surface area contributed by atoms with Crippen molar-refractivity contribution < 1.29 is 0 Å². The molecular formula is C11H16BrNS. The zero-order chi connectivity index (χ0) is 10.6. The van der Waals surface area contributed by atoms with E-state index >= 15 is 0 Å². The Balaban J connectivity index is 2.90. The van der Waals surface area contributed by atoms with E-state index in [1.54, 1.807) is 0 Å². The van der Waals surface area contributed by atoms with Gasteiger partial charge in [-0.1, -0.05) is 22.9 Å². The van der Waals surface area contributed by atoms with Crippen LogP contribution in [0.2, 0.25) is 0 Å². The minimum absolute atomic E-state index is 0.104. The van der Waals surface area contributed by atoms with E-state index in [-0.39, 0.29) is 6.04 Å². The van der Waals surface area contributed by atoms with Crippen molar-refractivity contribution in [2.45, 2.75) is 31.2 Å². The van der Waals surface area contributed by atoms with Crippen LogP contribution in [0.25, 0.3) is 0 Å². The first-order valence-electron chi connectivity index (χ1n) is 4.83. The summed E-state index contributed by atoms with van der Waals surface area (Å²) in [6, 6.07) is 6.43. The normalized spacial score (nSPS) is 12.9. The van der Waals surface area contributed by atoms with Crippen LogP contribution in [-0.2, 0) is 0 Å². The van der Waals surface area contributed by atoms with E-state index < -0.39 is 0 Å². The fourth-order valence-electron chi connectivity index (χ4n) is 1.22. The van der Waals surface area contributed by atoms with E-state index in [1.807, 2.05) is 18.7 Å². The first-order valence-corrected chi connectivity index (χ1v) is 6.60. The van der Waals surface area contributed by atoms with E-state index in [2.05, 4.69) is 41.1 Å². The zero-order valence-electron chi connectivity index (χ0n) is 8.59. The summed E-state index contributed by atoms with van der Waals surface area (Å²) in [6.07, 6.45) is 1.19. The monoisotopic (exact) mass is 273 g/mol. The summed E-state index contributed by atoms with van der Waals surface area (Å²) < 4.78 is 1.10. The number of halogens is 1. The first-order chi connectivity index (χ1) is 6.65. The van der Waals surface area contributed by atoms with Crippen LogP contribution in [0.3, 0.4) is 0 Å². The topological polar surface area (TPSA) is 26.0 Å². The summed E-state index contributed by atoms with van der Waals surface area (Å²) in [5.41, 5.74) is 7.16. The van der Waals surface area contributed by atoms with E-state index in [4.69, 9.17) is 5.73 Å². The molecule has 0 bridgehead atoms. The quantitative estimate of drug-likeness (QED) is 0.841. The van der Waals surface area contributed by atoms with E-state index in [0.717, 1.165) is 10.2 Å². The molecule has 0 aliphatic carbocycles. The lowest BCUT2D eigenvalue weighted by Gasteiger charge is -2.12. The highest BCUT2D eigenvalue weighted by Gasteiger charge is 2.07. The van der Waals surface area contributed by atoms with Crippen LogP contribution in [0.15, 0.2) is 27.6 Å². The molecule has 0 heterocycles. The molecule has 1 aromatic rings. The highest BCUT2D eigenvalue weighted by molar-refractivity contribution is 9.10. The van der Waals surface area contributed by atoms with Gasteiger partial charge in [-0.3, -0.25) is 0 Å². The zero-order valence-corrected chi connectivity index (χ0v) is 11.0. The van der Waals surface area contributed by atoms with Crippen LogP contribution in [0.5, 0.6) is 0 Å². The van der Waals surface area contributed by atoms with Crippen molar-refractivity contribution in [3.63, 3.8) is 0 Å². The summed E-state index contributed by atoms with van der Waals surface area (Å²) in [4.78, 5) is 1.31. The van der Waals surface area contributed by atoms with Crippen molar-refractivity contribution in [3.8, 4) is 0 Å². The van der Waals surface area contributed by atoms with Crippen molar-refractivity contribution in [3.05, 3.63) is 28.2 Å². The van der Waals surface area contributed by atoms with Crippen LogP contribution >= 0.6 is 27.7 Å². The third kappa shape index (κ3) is 3.30. The van der Waals surface area contributed by atoms with Gasteiger partial charge in [-0.15, -0.1) is 11.8 Å². The number of benzene rings is 1. The fraction of sp³-hybridized carbons (Fsp3) is 0.455. The number of hydrogen-bond donors (Lipinski definition) is 1. The van der Waals surface area contributed by atoms with E-state index in [9.17, 15) is 0 Å². The molecule has 0 spiro atoms. The van der Waals surface area contributed by atoms with Crippen LogP contribution in [-0.4, -0.2) is 5.75 Å². The van der Waals surface area contributed by atoms with Gasteiger partial charge in [-0.05, 0) is 42.9 Å². The fourth-order valence-corrected chi connectivity index (χ4v) is 2.60. The summed E-state index contributed by atoms with van der Waals surface area (Å²) in [5, 5.41) is 0. The summed E-state index contributed by atoms with van der Waals surface area (Å²) in [7, 11) is 0. The van der Waals surface area contributed by atoms with Crippen LogP contribution < -0.4 is 5.73 Å². The van der Waals surface area contributed by atoms with Gasteiger partial charge in [-0.2, -0.15) is 0 Å². The summed E-state index contributed by atoms with van der Waals surface area (Å²) in [5.74, 6) is 1.15. The van der Waals surface area contributed by atoms with E-state index in [0.29, 0.717) is 0 Å². The second-order valence-corrected chi connectivity index (χ2v) is 5.37. The van der Waals surface area contributed by atoms with Gasteiger partial charge in [0.1, 0.15) is 0 Å². The second-order valence-electron chi connectivity index (χ2n) is 3.32. The van der Waals surface area contributed by atoms with Crippen molar-refractivity contribution in [2.24, 2.45) is 5.73 Å². The maximum atomic E-state index is 5.92. The van der Waals surface area contributed by atoms with Gasteiger partial charge in [0, 0.05) is 15.4 Å². The largest absolute Gasteiger partial charge is 0.324 e. The highest BCUT2D eigenvalue weighted by Crippen LogP contribution is 2.29. The number of rotatable bonds is 4. The Bertz CT molecular complexity index is 299. The molecule has 3 heteroatoms. The molecule has 0 saturated carbocycles. The third-order valence-electron chi connectivity index (χ3n) is 1.92. The first kappa shape index (κ1) is 12.1. The molecule has 2 N–H and O–H groups in total. The third-order valence-corrected chi connectivity index (χ3v) is 3.71. The van der Waals surface area contributed by atoms with Crippen molar-refractivity contribution >= 4 is 27.7 Å². The second kappa shape index (κ2) is 5.79. The molecule has 1 aromatic carbocycles. The molecule has 0 saturated heterocycles. The predicted molar refractivity (Wildman–Crippen MR) is 67.8 cm³/mol. The average Bonchev–Trinajstić information content (AvgIpc) is 2.15. The molecule has 0 radical (unpaired) electrons. The van der Waals surface area contributed by atoms with Crippen LogP contribution in [0, 0.1) is 0 Å². The summed E-state index contributed by atoms with van der Waals surface area (Å²) in [6.45, 7) is 4.22. The molecule has 1 atom stereocenters. The van der Waals surface area contributed by atoms with Gasteiger partial charge < -0.3 is 5.73 Å². The molecule has 14 heavy (non-hydrogen) atoms. The molecule has 0 fully saturated rings. The smallest absolute Gasteiger partial charge is 0.0277 e. The van der Waals surface area contributed by atoms with Gasteiger partial charge in [0.05, 0.1) is 0 Å². The molecule has 1 nitrogen and oxygen atoms in total. The maximum absolute atomic E-state index is 5.92. The van der Waals surface area contributed by atoms with Crippen molar-refractivity contribution in [1.29, 1.82) is 0 Å². The number of nitrogens with two attached hydrogens (primary N) is 1. The number of thioether (sulfide) groups is 1. The lowest BCUT2D eigenvalue weighted by atomic mass is 10.1. The maximum Gasteiger partial charge on any atom is 0.0277 e. The molecule has 0 aliphatic rings. The van der Waals surface area contributed by atoms with Crippen molar-refractivity contribution in [1.82, 2.24) is 0 Å². The highest BCUT2D eigenvalue weighted by atomic mass is 79.9. The Morgan fingerprint density at radius 1 is 1.50 bits per heavy atom. The molecule has 0 aliphatic heterocycles. The Morgan fingerprint density at radius 3 is 2.79 bits per heavy atom. The van der Waals surface area contributed by atoms with Crippen molar-refractivity contribution in [2.75, 3.05) is 5.75 Å². The predicted octanol–water partition coefficient (Wildman–Crippen LogP) is 3.97. The Labute approximate surface area is 98.6 Å². The van der Waals surface area contributed by atoms with Gasteiger partial charge in [0.25, 0.3) is 0 Å². The van der Waals surface area contributed by atoms with Gasteiger partial charge in [-0.25, -0.2) is 0 Å². The number of hydrogen-bond acceptors (Lipinski definition) is 2. The standard InChI is InChI=1S/C11H16BrNS/c1-3-6-14-11-5-4-9(12)7-10(11)8(2)13/h4-5,7-8H,3,6,13H2,1-2H3. The molecule has 0 aromatic heterocycles. The minimum atomic E-state index is 0.104. The lowest BCUT2D eigenvalue weighted by Crippen LogP contribution is -2.06. The van der Waals surface area contributed by atoms with Gasteiger partial charge >= 0.3 is 0 Å². The average molecular weight is 274 g/mol. The molecule has 78 valence electrons. The summed E-state index contributed by atoms with van der Waals surface area (Å²) >= 11 is 5.35. The van der Waals surface area contributed by atoms with Crippen LogP contribution in [0.4, 0.5) is 0 Å². The molecule has 1 unspecified atom stereocenters. The van der Waals surface area contributed by atoms with Gasteiger partial charge in [0.15, 0.2) is 0 Å². The minimum Gasteiger partial charge on any atom is -0.324 e.